The third kappa shape index (κ3) is 2.45. The van der Waals surface area contributed by atoms with Crippen LogP contribution in [0, 0.1) is 0 Å². The Morgan fingerprint density at radius 1 is 1.35 bits per heavy atom. The number of carboxylic acid groups (broad SMARTS) is 1. The number of benzene rings is 1. The topological polar surface area (TPSA) is 81.8 Å². The van der Waals surface area contributed by atoms with Crippen LogP contribution >= 0.6 is 0 Å². The van der Waals surface area contributed by atoms with Crippen LogP contribution in [0.1, 0.15) is 23.4 Å². The van der Waals surface area contributed by atoms with Crippen LogP contribution in [0.5, 0.6) is 11.5 Å². The standard InChI is InChI=1S/C14H13NO5/c1-18-11-5-2-8(6-12(11)19-9-3-4-9)10-7-13(14(16)17)20-15-10/h2,5-7,9H,3-4H2,1H3,(H,16,17). The van der Waals surface area contributed by atoms with E-state index in [0.29, 0.717) is 17.2 Å². The van der Waals surface area contributed by atoms with Crippen molar-refractivity contribution in [2.75, 3.05) is 7.11 Å². The van der Waals surface area contributed by atoms with Gasteiger partial charge in [-0.15, -0.1) is 0 Å². The molecule has 1 heterocycles. The first kappa shape index (κ1) is 12.5. The summed E-state index contributed by atoms with van der Waals surface area (Å²) in [6, 6.07) is 6.70. The van der Waals surface area contributed by atoms with Crippen LogP contribution in [0.2, 0.25) is 0 Å². The Labute approximate surface area is 114 Å². The summed E-state index contributed by atoms with van der Waals surface area (Å²) in [5, 5.41) is 12.6. The highest BCUT2D eigenvalue weighted by atomic mass is 16.5. The molecule has 6 heteroatoms. The maximum Gasteiger partial charge on any atom is 0.374 e. The molecule has 0 aliphatic heterocycles. The first-order chi connectivity index (χ1) is 9.67. The molecule has 1 fully saturated rings. The predicted octanol–water partition coefficient (Wildman–Crippen LogP) is 2.59. The normalized spacial score (nSPS) is 14.1. The van der Waals surface area contributed by atoms with Crippen molar-refractivity contribution in [2.45, 2.75) is 18.9 Å². The van der Waals surface area contributed by atoms with Crippen molar-refractivity contribution in [3.63, 3.8) is 0 Å². The van der Waals surface area contributed by atoms with Gasteiger partial charge in [-0.1, -0.05) is 5.16 Å². The van der Waals surface area contributed by atoms with Gasteiger partial charge in [0.2, 0.25) is 5.76 Å². The van der Waals surface area contributed by atoms with Gasteiger partial charge in [0.1, 0.15) is 5.69 Å². The second-order valence-corrected chi connectivity index (χ2v) is 4.56. The van der Waals surface area contributed by atoms with Crippen LogP contribution in [0.25, 0.3) is 11.3 Å². The van der Waals surface area contributed by atoms with Gasteiger partial charge in [0, 0.05) is 11.6 Å². The van der Waals surface area contributed by atoms with E-state index < -0.39 is 5.97 Å². The number of aromatic carboxylic acids is 1. The van der Waals surface area contributed by atoms with E-state index in [0.717, 1.165) is 18.4 Å². The van der Waals surface area contributed by atoms with Crippen molar-refractivity contribution in [3.8, 4) is 22.8 Å². The van der Waals surface area contributed by atoms with Crippen LogP contribution in [0.15, 0.2) is 28.8 Å². The number of aromatic nitrogens is 1. The van der Waals surface area contributed by atoms with Crippen LogP contribution in [-0.2, 0) is 0 Å². The molecular weight excluding hydrogens is 262 g/mol. The number of rotatable bonds is 5. The molecule has 0 saturated heterocycles. The van der Waals surface area contributed by atoms with Crippen molar-refractivity contribution in [1.82, 2.24) is 5.16 Å². The van der Waals surface area contributed by atoms with E-state index >= 15 is 0 Å². The van der Waals surface area contributed by atoms with Gasteiger partial charge in [0.05, 0.1) is 13.2 Å². The maximum atomic E-state index is 10.8. The third-order valence-electron chi connectivity index (χ3n) is 3.00. The zero-order chi connectivity index (χ0) is 14.1. The van der Waals surface area contributed by atoms with E-state index in [1.165, 1.54) is 6.07 Å². The van der Waals surface area contributed by atoms with E-state index in [1.54, 1.807) is 25.3 Å². The summed E-state index contributed by atoms with van der Waals surface area (Å²) < 4.78 is 15.8. The fraction of sp³-hybridized carbons (Fsp3) is 0.286. The Morgan fingerprint density at radius 2 is 2.15 bits per heavy atom. The zero-order valence-electron chi connectivity index (χ0n) is 10.8. The SMILES string of the molecule is COc1ccc(-c2cc(C(=O)O)on2)cc1OC1CC1. The lowest BCUT2D eigenvalue weighted by Crippen LogP contribution is -1.98. The largest absolute Gasteiger partial charge is 0.493 e. The molecule has 20 heavy (non-hydrogen) atoms. The summed E-state index contributed by atoms with van der Waals surface area (Å²) in [5.74, 6) is -0.0674. The molecule has 0 bridgehead atoms. The first-order valence-corrected chi connectivity index (χ1v) is 6.22. The van der Waals surface area contributed by atoms with E-state index in [4.69, 9.17) is 19.1 Å². The summed E-state index contributed by atoms with van der Waals surface area (Å²) in [4.78, 5) is 10.8. The first-order valence-electron chi connectivity index (χ1n) is 6.22. The lowest BCUT2D eigenvalue weighted by atomic mass is 10.1. The summed E-state index contributed by atoms with van der Waals surface area (Å²) in [5.41, 5.74) is 1.17. The number of hydrogen-bond acceptors (Lipinski definition) is 5. The Morgan fingerprint density at radius 3 is 2.75 bits per heavy atom. The molecule has 3 rings (SSSR count). The molecule has 0 atom stereocenters. The quantitative estimate of drug-likeness (QED) is 0.903. The number of ether oxygens (including phenoxy) is 2. The van der Waals surface area contributed by atoms with Crippen molar-refractivity contribution in [1.29, 1.82) is 0 Å². The summed E-state index contributed by atoms with van der Waals surface area (Å²) in [6.07, 6.45) is 2.33. The molecular formula is C14H13NO5. The lowest BCUT2D eigenvalue weighted by molar-refractivity contribution is 0.0652. The van der Waals surface area contributed by atoms with Crippen molar-refractivity contribution < 1.29 is 23.9 Å². The molecule has 0 unspecified atom stereocenters. The highest BCUT2D eigenvalue weighted by Gasteiger charge is 2.25. The summed E-state index contributed by atoms with van der Waals surface area (Å²) in [7, 11) is 1.58. The van der Waals surface area contributed by atoms with Crippen molar-refractivity contribution >= 4 is 5.97 Å². The van der Waals surface area contributed by atoms with Gasteiger partial charge in [0.25, 0.3) is 0 Å². The minimum Gasteiger partial charge on any atom is -0.493 e. The van der Waals surface area contributed by atoms with Crippen molar-refractivity contribution in [3.05, 3.63) is 30.0 Å². The molecule has 1 aromatic carbocycles. The molecule has 6 nitrogen and oxygen atoms in total. The van der Waals surface area contributed by atoms with Gasteiger partial charge < -0.3 is 19.1 Å². The number of hydrogen-bond donors (Lipinski definition) is 1. The fourth-order valence-corrected chi connectivity index (χ4v) is 1.81. The third-order valence-corrected chi connectivity index (χ3v) is 3.00. The average molecular weight is 275 g/mol. The Kier molecular flexibility index (Phi) is 3.06. The van der Waals surface area contributed by atoms with Gasteiger partial charge in [-0.05, 0) is 31.0 Å². The number of nitrogens with zero attached hydrogens (tertiary/aromatic N) is 1. The smallest absolute Gasteiger partial charge is 0.374 e. The molecule has 1 N–H and O–H groups in total. The predicted molar refractivity (Wildman–Crippen MR) is 69.1 cm³/mol. The van der Waals surface area contributed by atoms with Gasteiger partial charge in [-0.3, -0.25) is 0 Å². The summed E-state index contributed by atoms with van der Waals surface area (Å²) >= 11 is 0. The van der Waals surface area contributed by atoms with Crippen LogP contribution in [-0.4, -0.2) is 29.4 Å². The molecule has 0 spiro atoms. The Hall–Kier alpha value is -2.50. The molecule has 1 aromatic heterocycles. The Bertz CT molecular complexity index is 645. The molecule has 0 amide bonds. The van der Waals surface area contributed by atoms with E-state index in [2.05, 4.69) is 5.16 Å². The van der Waals surface area contributed by atoms with Crippen molar-refractivity contribution in [2.24, 2.45) is 0 Å². The molecule has 1 aliphatic rings. The fourth-order valence-electron chi connectivity index (χ4n) is 1.81. The average Bonchev–Trinajstić information content (AvgIpc) is 3.11. The molecule has 0 radical (unpaired) electrons. The van der Waals surface area contributed by atoms with E-state index in [1.807, 2.05) is 0 Å². The molecule has 1 aliphatic carbocycles. The van der Waals surface area contributed by atoms with Gasteiger partial charge in [0.15, 0.2) is 11.5 Å². The molecule has 104 valence electrons. The monoisotopic (exact) mass is 275 g/mol. The molecule has 2 aromatic rings. The van der Waals surface area contributed by atoms with Crippen LogP contribution in [0.4, 0.5) is 0 Å². The van der Waals surface area contributed by atoms with Gasteiger partial charge in [-0.25, -0.2) is 4.79 Å². The number of carbonyl (C=O) groups is 1. The van der Waals surface area contributed by atoms with Gasteiger partial charge >= 0.3 is 5.97 Å². The number of methoxy groups -OCH3 is 1. The van der Waals surface area contributed by atoms with E-state index in [-0.39, 0.29) is 11.9 Å². The van der Waals surface area contributed by atoms with Crippen LogP contribution in [0.3, 0.4) is 0 Å². The molecule has 1 saturated carbocycles. The Balaban J connectivity index is 1.93. The second kappa shape index (κ2) is 4.88. The van der Waals surface area contributed by atoms with Crippen LogP contribution < -0.4 is 9.47 Å². The minimum absolute atomic E-state index is 0.194. The van der Waals surface area contributed by atoms with E-state index in [9.17, 15) is 4.79 Å². The highest BCUT2D eigenvalue weighted by molar-refractivity contribution is 5.85. The minimum atomic E-state index is -1.15. The second-order valence-electron chi connectivity index (χ2n) is 4.56. The zero-order valence-corrected chi connectivity index (χ0v) is 10.8. The number of carboxylic acids is 1. The highest BCUT2D eigenvalue weighted by Crippen LogP contribution is 2.36. The van der Waals surface area contributed by atoms with Gasteiger partial charge in [-0.2, -0.15) is 0 Å². The maximum absolute atomic E-state index is 10.8. The lowest BCUT2D eigenvalue weighted by Gasteiger charge is -2.10. The summed E-state index contributed by atoms with van der Waals surface area (Å²) in [6.45, 7) is 0.